The third-order valence-electron chi connectivity index (χ3n) is 5.49. The predicted molar refractivity (Wildman–Crippen MR) is 103 cm³/mol. The number of aryl methyl sites for hydroxylation is 1. The fourth-order valence-electron chi connectivity index (χ4n) is 3.87. The lowest BCUT2D eigenvalue weighted by molar-refractivity contribution is 0.0635. The van der Waals surface area contributed by atoms with E-state index in [9.17, 15) is 14.4 Å². The van der Waals surface area contributed by atoms with Crippen molar-refractivity contribution in [1.29, 1.82) is 0 Å². The Bertz CT molecular complexity index is 933. The van der Waals surface area contributed by atoms with E-state index in [4.69, 9.17) is 0 Å². The van der Waals surface area contributed by atoms with Crippen molar-refractivity contribution in [2.75, 3.05) is 11.4 Å². The van der Waals surface area contributed by atoms with Gasteiger partial charge in [0, 0.05) is 18.2 Å². The predicted octanol–water partition coefficient (Wildman–Crippen LogP) is 3.81. The van der Waals surface area contributed by atoms with Crippen LogP contribution in [0.1, 0.15) is 62.8 Å². The number of hydrogen-bond acceptors (Lipinski definition) is 3. The molecule has 0 spiro atoms. The van der Waals surface area contributed by atoms with Crippen molar-refractivity contribution < 1.29 is 14.4 Å². The van der Waals surface area contributed by atoms with Gasteiger partial charge in [-0.15, -0.1) is 0 Å². The van der Waals surface area contributed by atoms with E-state index in [1.807, 2.05) is 24.0 Å². The molecular weight excluding hydrogens is 340 g/mol. The number of imide groups is 1. The van der Waals surface area contributed by atoms with Crippen LogP contribution in [-0.2, 0) is 0 Å². The molecule has 5 nitrogen and oxygen atoms in total. The lowest BCUT2D eigenvalue weighted by atomic mass is 10.0. The number of carbonyl (C=O) groups excluding carboxylic acids is 3. The second-order valence-corrected chi connectivity index (χ2v) is 7.38. The van der Waals surface area contributed by atoms with Crippen LogP contribution in [0.25, 0.3) is 0 Å². The highest BCUT2D eigenvalue weighted by atomic mass is 16.2. The molecule has 2 aliphatic rings. The Morgan fingerprint density at radius 3 is 2.37 bits per heavy atom. The van der Waals surface area contributed by atoms with Crippen molar-refractivity contribution in [2.45, 2.75) is 39.2 Å². The van der Waals surface area contributed by atoms with Crippen LogP contribution in [0.3, 0.4) is 0 Å². The number of rotatable bonds is 2. The highest BCUT2D eigenvalue weighted by Crippen LogP contribution is 2.30. The zero-order valence-corrected chi connectivity index (χ0v) is 15.6. The molecule has 27 heavy (non-hydrogen) atoms. The number of anilines is 1. The Hall–Kier alpha value is -2.95. The molecule has 2 aliphatic heterocycles. The van der Waals surface area contributed by atoms with Gasteiger partial charge in [0.1, 0.15) is 0 Å². The smallest absolute Gasteiger partial charge is 0.266 e. The molecule has 138 valence electrons. The van der Waals surface area contributed by atoms with E-state index in [0.717, 1.165) is 31.4 Å². The Labute approximate surface area is 158 Å². The lowest BCUT2D eigenvalue weighted by Gasteiger charge is -2.33. The first kappa shape index (κ1) is 17.5. The van der Waals surface area contributed by atoms with Crippen LogP contribution in [0.2, 0.25) is 0 Å². The average molecular weight is 362 g/mol. The summed E-state index contributed by atoms with van der Waals surface area (Å²) in [4.78, 5) is 41.6. The summed E-state index contributed by atoms with van der Waals surface area (Å²) in [6.07, 6.45) is 3.13. The van der Waals surface area contributed by atoms with Crippen LogP contribution in [0.5, 0.6) is 0 Å². The first-order valence-corrected chi connectivity index (χ1v) is 9.38. The standard InChI is InChI=1S/C22H22N2O3/c1-14-6-9-17(10-7-14)24-21(26)18-11-8-16(13-19(18)22(24)27)20(25)23-12-4-3-5-15(23)2/h6-11,13,15H,3-5,12H2,1-2H3. The molecule has 5 heteroatoms. The zero-order valence-electron chi connectivity index (χ0n) is 15.6. The van der Waals surface area contributed by atoms with Crippen LogP contribution < -0.4 is 4.90 Å². The number of piperidine rings is 1. The minimum atomic E-state index is -0.375. The lowest BCUT2D eigenvalue weighted by Crippen LogP contribution is -2.42. The van der Waals surface area contributed by atoms with Crippen molar-refractivity contribution in [3.63, 3.8) is 0 Å². The Morgan fingerprint density at radius 1 is 0.963 bits per heavy atom. The zero-order chi connectivity index (χ0) is 19.1. The number of likely N-dealkylation sites (tertiary alicyclic amines) is 1. The van der Waals surface area contributed by atoms with E-state index < -0.39 is 0 Å². The van der Waals surface area contributed by atoms with Gasteiger partial charge in [0.15, 0.2) is 0 Å². The highest BCUT2D eigenvalue weighted by Gasteiger charge is 2.37. The molecule has 2 heterocycles. The molecule has 0 aromatic heterocycles. The third kappa shape index (κ3) is 2.93. The minimum Gasteiger partial charge on any atom is -0.336 e. The van der Waals surface area contributed by atoms with Crippen molar-refractivity contribution in [3.8, 4) is 0 Å². The van der Waals surface area contributed by atoms with Gasteiger partial charge in [-0.3, -0.25) is 14.4 Å². The highest BCUT2D eigenvalue weighted by molar-refractivity contribution is 6.34. The van der Waals surface area contributed by atoms with Gasteiger partial charge in [0.25, 0.3) is 17.7 Å². The summed E-state index contributed by atoms with van der Waals surface area (Å²) < 4.78 is 0. The van der Waals surface area contributed by atoms with Gasteiger partial charge in [0.05, 0.1) is 16.8 Å². The Balaban J connectivity index is 1.66. The molecule has 1 saturated heterocycles. The maximum Gasteiger partial charge on any atom is 0.266 e. The summed E-state index contributed by atoms with van der Waals surface area (Å²) >= 11 is 0. The molecule has 0 radical (unpaired) electrons. The molecule has 0 bridgehead atoms. The Kier molecular flexibility index (Phi) is 4.30. The quantitative estimate of drug-likeness (QED) is 0.764. The molecule has 1 unspecified atom stereocenters. The van der Waals surface area contributed by atoms with Gasteiger partial charge >= 0.3 is 0 Å². The van der Waals surface area contributed by atoms with Gasteiger partial charge in [-0.25, -0.2) is 4.90 Å². The molecule has 4 rings (SSSR count). The van der Waals surface area contributed by atoms with Gasteiger partial charge in [0.2, 0.25) is 0 Å². The van der Waals surface area contributed by atoms with Crippen molar-refractivity contribution in [2.24, 2.45) is 0 Å². The van der Waals surface area contributed by atoms with Crippen molar-refractivity contribution in [3.05, 3.63) is 64.7 Å². The van der Waals surface area contributed by atoms with E-state index >= 15 is 0 Å². The first-order chi connectivity index (χ1) is 13.0. The maximum absolute atomic E-state index is 12.9. The van der Waals surface area contributed by atoms with Crippen LogP contribution in [0.4, 0.5) is 5.69 Å². The van der Waals surface area contributed by atoms with Crippen LogP contribution in [0, 0.1) is 6.92 Å². The normalized spacial score (nSPS) is 19.4. The molecule has 2 aromatic rings. The number of benzene rings is 2. The third-order valence-corrected chi connectivity index (χ3v) is 5.49. The van der Waals surface area contributed by atoms with E-state index in [-0.39, 0.29) is 23.8 Å². The molecule has 3 amide bonds. The second-order valence-electron chi connectivity index (χ2n) is 7.38. The number of amides is 3. The fourth-order valence-corrected chi connectivity index (χ4v) is 3.87. The van der Waals surface area contributed by atoms with Gasteiger partial charge < -0.3 is 4.90 Å². The molecule has 0 N–H and O–H groups in total. The van der Waals surface area contributed by atoms with E-state index in [2.05, 4.69) is 6.92 Å². The minimum absolute atomic E-state index is 0.0703. The average Bonchev–Trinajstić information content (AvgIpc) is 2.93. The fraction of sp³-hybridized carbons (Fsp3) is 0.318. The molecule has 1 atom stereocenters. The summed E-state index contributed by atoms with van der Waals surface area (Å²) in [7, 11) is 0. The summed E-state index contributed by atoms with van der Waals surface area (Å²) in [6, 6.07) is 12.3. The molecule has 0 aliphatic carbocycles. The van der Waals surface area contributed by atoms with E-state index in [1.165, 1.54) is 4.90 Å². The van der Waals surface area contributed by atoms with Crippen LogP contribution in [-0.4, -0.2) is 35.2 Å². The van der Waals surface area contributed by atoms with Gasteiger partial charge in [-0.05, 0) is 63.4 Å². The number of hydrogen-bond donors (Lipinski definition) is 0. The molecular formula is C22H22N2O3. The van der Waals surface area contributed by atoms with E-state index in [0.29, 0.717) is 22.4 Å². The summed E-state index contributed by atoms with van der Waals surface area (Å²) in [5.41, 5.74) is 2.72. The van der Waals surface area contributed by atoms with Gasteiger partial charge in [-0.1, -0.05) is 17.7 Å². The topological polar surface area (TPSA) is 57.7 Å². The maximum atomic E-state index is 12.9. The Morgan fingerprint density at radius 2 is 1.67 bits per heavy atom. The molecule has 0 saturated carbocycles. The monoisotopic (exact) mass is 362 g/mol. The molecule has 2 aromatic carbocycles. The largest absolute Gasteiger partial charge is 0.336 e. The number of nitrogens with zero attached hydrogens (tertiary/aromatic N) is 2. The number of fused-ring (bicyclic) bond motifs is 1. The first-order valence-electron chi connectivity index (χ1n) is 9.38. The summed E-state index contributed by atoms with van der Waals surface area (Å²) in [5.74, 6) is -0.788. The van der Waals surface area contributed by atoms with Crippen LogP contribution >= 0.6 is 0 Å². The van der Waals surface area contributed by atoms with E-state index in [1.54, 1.807) is 30.3 Å². The van der Waals surface area contributed by atoms with Crippen molar-refractivity contribution in [1.82, 2.24) is 4.90 Å². The molecule has 1 fully saturated rings. The summed E-state index contributed by atoms with van der Waals surface area (Å²) in [5, 5.41) is 0. The van der Waals surface area contributed by atoms with Gasteiger partial charge in [-0.2, -0.15) is 0 Å². The SMILES string of the molecule is Cc1ccc(N2C(=O)c3ccc(C(=O)N4CCCCC4C)cc3C2=O)cc1. The number of carbonyl (C=O) groups is 3. The summed E-state index contributed by atoms with van der Waals surface area (Å²) in [6.45, 7) is 4.74. The second kappa shape index (κ2) is 6.65. The van der Waals surface area contributed by atoms with Crippen LogP contribution in [0.15, 0.2) is 42.5 Å². The van der Waals surface area contributed by atoms with Crippen molar-refractivity contribution >= 4 is 23.4 Å².